The van der Waals surface area contributed by atoms with Crippen molar-refractivity contribution in [2.75, 3.05) is 5.75 Å². The van der Waals surface area contributed by atoms with E-state index in [9.17, 15) is 17.6 Å². The third kappa shape index (κ3) is 4.76. The number of carbonyl (C=O) groups is 1. The molecule has 0 fully saturated rings. The zero-order chi connectivity index (χ0) is 19.4. The van der Waals surface area contributed by atoms with Gasteiger partial charge in [0.05, 0.1) is 23.4 Å². The first-order chi connectivity index (χ1) is 12.8. The number of hydrogen-bond acceptors (Lipinski definition) is 5. The summed E-state index contributed by atoms with van der Waals surface area (Å²) in [6.45, 7) is 0.437. The quantitative estimate of drug-likeness (QED) is 0.664. The number of nitrogens with two attached hydrogens (primary N) is 1. The van der Waals surface area contributed by atoms with Gasteiger partial charge in [-0.3, -0.25) is 4.79 Å². The van der Waals surface area contributed by atoms with Crippen molar-refractivity contribution in [2.24, 2.45) is 5.73 Å². The fraction of sp³-hybridized carbons (Fsp3) is 0.167. The molecule has 1 amide bonds. The molecule has 0 radical (unpaired) electrons. The van der Waals surface area contributed by atoms with Crippen LogP contribution in [-0.2, 0) is 21.2 Å². The molecule has 0 aliphatic carbocycles. The second-order valence-corrected chi connectivity index (χ2v) is 8.10. The summed E-state index contributed by atoms with van der Waals surface area (Å²) in [7, 11) is -3.57. The second kappa shape index (κ2) is 7.67. The van der Waals surface area contributed by atoms with Gasteiger partial charge in [-0.1, -0.05) is 29.5 Å². The normalized spacial score (nSPS) is 11.4. The lowest BCUT2D eigenvalue weighted by atomic mass is 10.2. The predicted molar refractivity (Wildman–Crippen MR) is 96.8 cm³/mol. The third-order valence-electron chi connectivity index (χ3n) is 3.92. The van der Waals surface area contributed by atoms with Gasteiger partial charge in [-0.2, -0.15) is 0 Å². The van der Waals surface area contributed by atoms with E-state index in [0.29, 0.717) is 17.8 Å². The highest BCUT2D eigenvalue weighted by atomic mass is 32.2. The van der Waals surface area contributed by atoms with Crippen molar-refractivity contribution in [1.82, 2.24) is 15.0 Å². The number of halogens is 1. The molecule has 0 unspecified atom stereocenters. The van der Waals surface area contributed by atoms with Crippen LogP contribution in [0.3, 0.4) is 0 Å². The van der Waals surface area contributed by atoms with Gasteiger partial charge in [0, 0.05) is 12.0 Å². The van der Waals surface area contributed by atoms with Crippen molar-refractivity contribution < 1.29 is 17.6 Å². The number of nitrogens with zero attached hydrogens (tertiary/aromatic N) is 3. The minimum atomic E-state index is -3.57. The Morgan fingerprint density at radius 1 is 1.07 bits per heavy atom. The van der Waals surface area contributed by atoms with Crippen LogP contribution in [0.4, 0.5) is 4.39 Å². The zero-order valence-electron chi connectivity index (χ0n) is 14.2. The van der Waals surface area contributed by atoms with Crippen LogP contribution in [0, 0.1) is 5.82 Å². The average molecular weight is 388 g/mol. The minimum Gasteiger partial charge on any atom is -0.370 e. The van der Waals surface area contributed by atoms with E-state index in [-0.39, 0.29) is 22.9 Å². The summed E-state index contributed by atoms with van der Waals surface area (Å²) >= 11 is 0. The highest BCUT2D eigenvalue weighted by molar-refractivity contribution is 7.91. The van der Waals surface area contributed by atoms with E-state index in [1.807, 2.05) is 0 Å². The van der Waals surface area contributed by atoms with Crippen LogP contribution >= 0.6 is 0 Å². The number of sulfone groups is 1. The van der Waals surface area contributed by atoms with Crippen molar-refractivity contribution in [3.8, 4) is 11.3 Å². The van der Waals surface area contributed by atoms with E-state index in [1.165, 1.54) is 24.3 Å². The van der Waals surface area contributed by atoms with E-state index in [4.69, 9.17) is 5.73 Å². The summed E-state index contributed by atoms with van der Waals surface area (Å²) in [5, 5.41) is 8.11. The Hall–Kier alpha value is -3.07. The molecule has 140 valence electrons. The van der Waals surface area contributed by atoms with Gasteiger partial charge in [0.15, 0.2) is 9.84 Å². The molecule has 0 bridgehead atoms. The molecular formula is C18H17FN4O3S. The number of primary amides is 1. The Bertz CT molecular complexity index is 1040. The maximum atomic E-state index is 13.0. The summed E-state index contributed by atoms with van der Waals surface area (Å²) < 4.78 is 38.9. The fourth-order valence-corrected chi connectivity index (χ4v) is 3.73. The summed E-state index contributed by atoms with van der Waals surface area (Å²) in [4.78, 5) is 10.9. The standard InChI is InChI=1S/C18H17FN4O3S/c19-15-5-1-13(2-6-15)11-23-12-17(21-22-23)14-3-7-16(8-4-14)27(25,26)10-9-18(20)24/h1-8,12H,9-11H2,(H2,20,24). The lowest BCUT2D eigenvalue weighted by molar-refractivity contribution is -0.117. The molecule has 0 aliphatic rings. The van der Waals surface area contributed by atoms with Gasteiger partial charge in [-0.05, 0) is 29.8 Å². The molecule has 1 heterocycles. The molecule has 0 spiro atoms. The minimum absolute atomic E-state index is 0.117. The molecule has 9 heteroatoms. The van der Waals surface area contributed by atoms with Gasteiger partial charge in [0.25, 0.3) is 0 Å². The van der Waals surface area contributed by atoms with Crippen LogP contribution in [0.5, 0.6) is 0 Å². The molecule has 2 aromatic carbocycles. The topological polar surface area (TPSA) is 108 Å². The van der Waals surface area contributed by atoms with Crippen molar-refractivity contribution in [1.29, 1.82) is 0 Å². The van der Waals surface area contributed by atoms with Crippen LogP contribution in [0.25, 0.3) is 11.3 Å². The number of benzene rings is 2. The lowest BCUT2D eigenvalue weighted by Crippen LogP contribution is -2.17. The van der Waals surface area contributed by atoms with E-state index < -0.39 is 15.7 Å². The monoisotopic (exact) mass is 388 g/mol. The van der Waals surface area contributed by atoms with Crippen LogP contribution < -0.4 is 5.73 Å². The predicted octanol–water partition coefficient (Wildman–Crippen LogP) is 1.78. The molecule has 0 aliphatic heterocycles. The fourth-order valence-electron chi connectivity index (χ4n) is 2.47. The van der Waals surface area contributed by atoms with Crippen LogP contribution in [-0.4, -0.2) is 35.1 Å². The Balaban J connectivity index is 1.73. The average Bonchev–Trinajstić information content (AvgIpc) is 3.11. The molecule has 0 saturated heterocycles. The first kappa shape index (κ1) is 18.7. The van der Waals surface area contributed by atoms with Crippen molar-refractivity contribution >= 4 is 15.7 Å². The summed E-state index contributed by atoms with van der Waals surface area (Å²) in [5.74, 6) is -1.29. The first-order valence-electron chi connectivity index (χ1n) is 8.09. The highest BCUT2D eigenvalue weighted by Crippen LogP contribution is 2.20. The number of rotatable bonds is 7. The molecule has 27 heavy (non-hydrogen) atoms. The van der Waals surface area contributed by atoms with E-state index >= 15 is 0 Å². The number of amides is 1. The van der Waals surface area contributed by atoms with Gasteiger partial charge in [0.2, 0.25) is 5.91 Å². The molecule has 3 rings (SSSR count). The number of aromatic nitrogens is 3. The Kier molecular flexibility index (Phi) is 5.31. The highest BCUT2D eigenvalue weighted by Gasteiger charge is 2.16. The van der Waals surface area contributed by atoms with Gasteiger partial charge in [-0.25, -0.2) is 17.5 Å². The molecule has 7 nitrogen and oxygen atoms in total. The van der Waals surface area contributed by atoms with Crippen molar-refractivity contribution in [3.63, 3.8) is 0 Å². The molecule has 0 atom stereocenters. The number of carbonyl (C=O) groups excluding carboxylic acids is 1. The summed E-state index contributed by atoms with van der Waals surface area (Å²) in [5.41, 5.74) is 7.17. The van der Waals surface area contributed by atoms with Gasteiger partial charge < -0.3 is 5.73 Å². The Morgan fingerprint density at radius 3 is 2.37 bits per heavy atom. The Labute approximate surface area is 155 Å². The van der Waals surface area contributed by atoms with E-state index in [1.54, 1.807) is 35.1 Å². The first-order valence-corrected chi connectivity index (χ1v) is 9.75. The van der Waals surface area contributed by atoms with Crippen LogP contribution in [0.2, 0.25) is 0 Å². The van der Waals surface area contributed by atoms with Crippen LogP contribution in [0.15, 0.2) is 59.6 Å². The summed E-state index contributed by atoms with van der Waals surface area (Å²) in [6, 6.07) is 12.3. The van der Waals surface area contributed by atoms with E-state index in [2.05, 4.69) is 10.3 Å². The maximum Gasteiger partial charge on any atom is 0.218 e. The second-order valence-electron chi connectivity index (χ2n) is 5.99. The lowest BCUT2D eigenvalue weighted by Gasteiger charge is -2.04. The maximum absolute atomic E-state index is 13.0. The van der Waals surface area contributed by atoms with Crippen molar-refractivity contribution in [3.05, 3.63) is 66.1 Å². The van der Waals surface area contributed by atoms with Crippen LogP contribution in [0.1, 0.15) is 12.0 Å². The molecular weight excluding hydrogens is 371 g/mol. The van der Waals surface area contributed by atoms with Gasteiger partial charge in [0.1, 0.15) is 11.5 Å². The smallest absolute Gasteiger partial charge is 0.218 e. The van der Waals surface area contributed by atoms with Crippen molar-refractivity contribution in [2.45, 2.75) is 17.9 Å². The molecule has 1 aromatic heterocycles. The Morgan fingerprint density at radius 2 is 1.74 bits per heavy atom. The third-order valence-corrected chi connectivity index (χ3v) is 5.65. The molecule has 3 aromatic rings. The SMILES string of the molecule is NC(=O)CCS(=O)(=O)c1ccc(-c2cn(Cc3ccc(F)cc3)nn2)cc1. The molecule has 0 saturated carbocycles. The number of hydrogen-bond donors (Lipinski definition) is 1. The zero-order valence-corrected chi connectivity index (χ0v) is 15.1. The van der Waals surface area contributed by atoms with Gasteiger partial charge in [-0.15, -0.1) is 5.10 Å². The molecule has 2 N–H and O–H groups in total. The van der Waals surface area contributed by atoms with E-state index in [0.717, 1.165) is 5.56 Å². The van der Waals surface area contributed by atoms with Gasteiger partial charge >= 0.3 is 0 Å². The largest absolute Gasteiger partial charge is 0.370 e. The summed E-state index contributed by atoms with van der Waals surface area (Å²) in [6.07, 6.45) is 1.50.